The van der Waals surface area contributed by atoms with Crippen molar-refractivity contribution in [3.8, 4) is 11.3 Å². The third-order valence-electron chi connectivity index (χ3n) is 1.51. The highest BCUT2D eigenvalue weighted by atomic mass is 32.1. The van der Waals surface area contributed by atoms with Crippen molar-refractivity contribution in [2.24, 2.45) is 0 Å². The van der Waals surface area contributed by atoms with E-state index in [1.807, 2.05) is 17.5 Å². The fraction of sp³-hybridized carbons (Fsp3) is 0. The van der Waals surface area contributed by atoms with E-state index in [-0.39, 0.29) is 0 Å². The molecule has 12 heavy (non-hydrogen) atoms. The predicted octanol–water partition coefficient (Wildman–Crippen LogP) is 2.87. The fourth-order valence-corrected chi connectivity index (χ4v) is 1.78. The van der Waals surface area contributed by atoms with Crippen LogP contribution in [0.3, 0.4) is 0 Å². The summed E-state index contributed by atoms with van der Waals surface area (Å²) in [6.07, 6.45) is 1.71. The molecule has 0 spiro atoms. The van der Waals surface area contributed by atoms with E-state index in [2.05, 4.69) is 15.3 Å². The molecule has 0 radical (unpaired) electrons. The third-order valence-corrected chi connectivity index (χ3v) is 2.40. The van der Waals surface area contributed by atoms with E-state index in [0.717, 1.165) is 11.3 Å². The highest BCUT2D eigenvalue weighted by Gasteiger charge is 1.95. The van der Waals surface area contributed by atoms with Crippen molar-refractivity contribution in [3.05, 3.63) is 33.9 Å². The van der Waals surface area contributed by atoms with Crippen molar-refractivity contribution in [2.45, 2.75) is 0 Å². The molecule has 2 aromatic rings. The highest BCUT2D eigenvalue weighted by molar-refractivity contribution is 7.71. The Morgan fingerprint density at radius 1 is 1.42 bits per heavy atom. The summed E-state index contributed by atoms with van der Waals surface area (Å²) >= 11 is 6.58. The van der Waals surface area contributed by atoms with Gasteiger partial charge in [-0.25, -0.2) is 4.98 Å². The van der Waals surface area contributed by atoms with Gasteiger partial charge in [-0.05, 0) is 29.7 Å². The van der Waals surface area contributed by atoms with E-state index < -0.39 is 0 Å². The second-order valence-corrected chi connectivity index (χ2v) is 3.47. The van der Waals surface area contributed by atoms with Crippen LogP contribution in [-0.4, -0.2) is 9.97 Å². The fourth-order valence-electron chi connectivity index (χ4n) is 0.955. The van der Waals surface area contributed by atoms with E-state index in [0.29, 0.717) is 4.77 Å². The first-order chi connectivity index (χ1) is 5.86. The maximum absolute atomic E-state index is 4.91. The molecule has 0 aromatic carbocycles. The van der Waals surface area contributed by atoms with Gasteiger partial charge in [-0.15, -0.1) is 0 Å². The molecule has 2 aromatic heterocycles. The Morgan fingerprint density at radius 2 is 2.33 bits per heavy atom. The van der Waals surface area contributed by atoms with Gasteiger partial charge in [-0.2, -0.15) is 11.3 Å². The lowest BCUT2D eigenvalue weighted by Gasteiger charge is -1.95. The Hall–Kier alpha value is -1.00. The minimum atomic E-state index is 0.527. The second-order valence-electron chi connectivity index (χ2n) is 2.30. The number of hydrogen-bond acceptors (Lipinski definition) is 3. The number of aromatic amines is 1. The van der Waals surface area contributed by atoms with Crippen molar-refractivity contribution >= 4 is 23.6 Å². The topological polar surface area (TPSA) is 28.7 Å². The van der Waals surface area contributed by atoms with E-state index in [1.165, 1.54) is 0 Å². The zero-order valence-electron chi connectivity index (χ0n) is 6.15. The lowest BCUT2D eigenvalue weighted by atomic mass is 10.2. The minimum absolute atomic E-state index is 0.527. The van der Waals surface area contributed by atoms with E-state index in [1.54, 1.807) is 17.5 Å². The van der Waals surface area contributed by atoms with Crippen LogP contribution < -0.4 is 0 Å². The monoisotopic (exact) mass is 194 g/mol. The number of hydrogen-bond donors (Lipinski definition) is 1. The smallest absolute Gasteiger partial charge is 0.197 e. The molecule has 2 heterocycles. The summed E-state index contributed by atoms with van der Waals surface area (Å²) in [6.45, 7) is 0. The molecule has 60 valence electrons. The molecule has 0 fully saturated rings. The van der Waals surface area contributed by atoms with Crippen molar-refractivity contribution in [1.29, 1.82) is 0 Å². The van der Waals surface area contributed by atoms with E-state index in [9.17, 15) is 0 Å². The van der Waals surface area contributed by atoms with Crippen LogP contribution >= 0.6 is 23.6 Å². The van der Waals surface area contributed by atoms with Gasteiger partial charge < -0.3 is 4.98 Å². The summed E-state index contributed by atoms with van der Waals surface area (Å²) in [4.78, 5) is 6.93. The average molecular weight is 194 g/mol. The van der Waals surface area contributed by atoms with Gasteiger partial charge in [0.2, 0.25) is 0 Å². The molecular formula is C8H6N2S2. The van der Waals surface area contributed by atoms with Crippen LogP contribution in [0.5, 0.6) is 0 Å². The summed E-state index contributed by atoms with van der Waals surface area (Å²) in [5, 5.41) is 4.10. The van der Waals surface area contributed by atoms with Crippen LogP contribution in [0.2, 0.25) is 0 Å². The molecule has 0 bridgehead atoms. The maximum Gasteiger partial charge on any atom is 0.197 e. The molecule has 0 atom stereocenters. The average Bonchev–Trinajstić information content (AvgIpc) is 2.56. The molecular weight excluding hydrogens is 188 g/mol. The Labute approximate surface area is 78.9 Å². The van der Waals surface area contributed by atoms with Gasteiger partial charge in [0.05, 0.1) is 0 Å². The second kappa shape index (κ2) is 3.16. The lowest BCUT2D eigenvalue weighted by molar-refractivity contribution is 1.14. The SMILES string of the molecule is S=c1nccc(-c2ccsc2)[nH]1. The first-order valence-electron chi connectivity index (χ1n) is 3.44. The Kier molecular flexibility index (Phi) is 2.01. The highest BCUT2D eigenvalue weighted by Crippen LogP contribution is 2.18. The van der Waals surface area contributed by atoms with E-state index in [4.69, 9.17) is 12.2 Å². The van der Waals surface area contributed by atoms with Crippen LogP contribution in [-0.2, 0) is 0 Å². The molecule has 2 nitrogen and oxygen atoms in total. The van der Waals surface area contributed by atoms with Crippen molar-refractivity contribution in [2.75, 3.05) is 0 Å². The molecule has 0 aliphatic heterocycles. The number of H-pyrrole nitrogens is 1. The number of rotatable bonds is 1. The van der Waals surface area contributed by atoms with Crippen LogP contribution in [0.15, 0.2) is 29.1 Å². The maximum atomic E-state index is 4.91. The van der Waals surface area contributed by atoms with Crippen LogP contribution in [0.1, 0.15) is 0 Å². The van der Waals surface area contributed by atoms with Gasteiger partial charge in [0.25, 0.3) is 0 Å². The molecule has 0 aliphatic rings. The van der Waals surface area contributed by atoms with Gasteiger partial charge in [0.1, 0.15) is 0 Å². The molecule has 0 aliphatic carbocycles. The molecule has 0 saturated carbocycles. The Balaban J connectivity index is 2.55. The van der Waals surface area contributed by atoms with Crippen molar-refractivity contribution in [1.82, 2.24) is 9.97 Å². The van der Waals surface area contributed by atoms with Crippen LogP contribution in [0, 0.1) is 4.77 Å². The number of thiophene rings is 1. The predicted molar refractivity (Wildman–Crippen MR) is 52.7 cm³/mol. The normalized spacial score (nSPS) is 10.0. The van der Waals surface area contributed by atoms with Gasteiger partial charge in [0, 0.05) is 22.8 Å². The summed E-state index contributed by atoms with van der Waals surface area (Å²) < 4.78 is 0.527. The van der Waals surface area contributed by atoms with E-state index >= 15 is 0 Å². The first kappa shape index (κ1) is 7.64. The largest absolute Gasteiger partial charge is 0.330 e. The quantitative estimate of drug-likeness (QED) is 0.707. The van der Waals surface area contributed by atoms with Gasteiger partial charge in [-0.3, -0.25) is 0 Å². The lowest BCUT2D eigenvalue weighted by Crippen LogP contribution is -1.83. The minimum Gasteiger partial charge on any atom is -0.330 e. The van der Waals surface area contributed by atoms with Gasteiger partial charge in [0.15, 0.2) is 4.77 Å². The Morgan fingerprint density at radius 3 is 3.00 bits per heavy atom. The summed E-state index contributed by atoms with van der Waals surface area (Å²) in [7, 11) is 0. The molecule has 2 rings (SSSR count). The van der Waals surface area contributed by atoms with Crippen LogP contribution in [0.4, 0.5) is 0 Å². The van der Waals surface area contributed by atoms with Crippen molar-refractivity contribution < 1.29 is 0 Å². The number of nitrogens with one attached hydrogen (secondary N) is 1. The molecule has 0 amide bonds. The molecule has 1 N–H and O–H groups in total. The zero-order chi connectivity index (χ0) is 8.39. The molecule has 0 saturated heterocycles. The summed E-state index contributed by atoms with van der Waals surface area (Å²) in [6, 6.07) is 3.96. The summed E-state index contributed by atoms with van der Waals surface area (Å²) in [5.41, 5.74) is 2.18. The Bertz CT molecular complexity index is 417. The van der Waals surface area contributed by atoms with Gasteiger partial charge in [-0.1, -0.05) is 0 Å². The number of aromatic nitrogens is 2. The zero-order valence-corrected chi connectivity index (χ0v) is 7.78. The molecule has 0 unspecified atom stereocenters. The summed E-state index contributed by atoms with van der Waals surface area (Å²) in [5.74, 6) is 0. The standard InChI is InChI=1S/C8H6N2S2/c11-8-9-3-1-7(10-8)6-2-4-12-5-6/h1-5H,(H,9,10,11). The van der Waals surface area contributed by atoms with Crippen LogP contribution in [0.25, 0.3) is 11.3 Å². The van der Waals surface area contributed by atoms with Crippen molar-refractivity contribution in [3.63, 3.8) is 0 Å². The number of nitrogens with zero attached hydrogens (tertiary/aromatic N) is 1. The molecule has 4 heteroatoms. The first-order valence-corrected chi connectivity index (χ1v) is 4.79. The van der Waals surface area contributed by atoms with Gasteiger partial charge >= 0.3 is 0 Å². The third kappa shape index (κ3) is 1.44.